The lowest BCUT2D eigenvalue weighted by molar-refractivity contribution is 0.0651. The van der Waals surface area contributed by atoms with Crippen molar-refractivity contribution in [2.45, 2.75) is 12.8 Å². The SMILES string of the molecule is O=C(c1ccc(Br)s1)C1CCN(C(=O)c2ccccc2)CC1. The molecule has 1 amide bonds. The van der Waals surface area contributed by atoms with Gasteiger partial charge in [0.05, 0.1) is 8.66 Å². The van der Waals surface area contributed by atoms with Crippen molar-refractivity contribution in [1.82, 2.24) is 4.90 Å². The summed E-state index contributed by atoms with van der Waals surface area (Å²) in [4.78, 5) is 27.5. The van der Waals surface area contributed by atoms with Crippen LogP contribution in [0.15, 0.2) is 46.3 Å². The fourth-order valence-electron chi connectivity index (χ4n) is 2.76. The molecule has 0 radical (unpaired) electrons. The number of thiophene rings is 1. The first-order valence-corrected chi connectivity index (χ1v) is 8.90. The molecule has 0 atom stereocenters. The number of amides is 1. The van der Waals surface area contributed by atoms with Gasteiger partial charge in [0.2, 0.25) is 0 Å². The number of carbonyl (C=O) groups excluding carboxylic acids is 2. The van der Waals surface area contributed by atoms with Crippen LogP contribution in [0.5, 0.6) is 0 Å². The molecule has 2 heterocycles. The van der Waals surface area contributed by atoms with Gasteiger partial charge in [0.1, 0.15) is 0 Å². The number of halogens is 1. The van der Waals surface area contributed by atoms with Crippen molar-refractivity contribution in [1.29, 1.82) is 0 Å². The lowest BCUT2D eigenvalue weighted by atomic mass is 9.91. The van der Waals surface area contributed by atoms with Crippen LogP contribution in [0.4, 0.5) is 0 Å². The van der Waals surface area contributed by atoms with Gasteiger partial charge in [0, 0.05) is 24.6 Å². The second-order valence-electron chi connectivity index (χ2n) is 5.40. The Morgan fingerprint density at radius 2 is 1.73 bits per heavy atom. The summed E-state index contributed by atoms with van der Waals surface area (Å²) in [5.74, 6) is 0.304. The molecule has 1 aliphatic heterocycles. The van der Waals surface area contributed by atoms with Crippen molar-refractivity contribution < 1.29 is 9.59 Å². The van der Waals surface area contributed by atoms with Crippen LogP contribution < -0.4 is 0 Å². The Morgan fingerprint density at radius 3 is 2.32 bits per heavy atom. The minimum atomic E-state index is 0.0328. The topological polar surface area (TPSA) is 37.4 Å². The molecule has 1 fully saturated rings. The molecule has 0 N–H and O–H groups in total. The zero-order chi connectivity index (χ0) is 15.5. The van der Waals surface area contributed by atoms with Gasteiger partial charge in [-0.1, -0.05) is 18.2 Å². The lowest BCUT2D eigenvalue weighted by Gasteiger charge is -2.31. The van der Waals surface area contributed by atoms with Crippen LogP contribution in [-0.2, 0) is 0 Å². The Hall–Kier alpha value is -1.46. The molecule has 0 unspecified atom stereocenters. The van der Waals surface area contributed by atoms with Gasteiger partial charge in [0.15, 0.2) is 5.78 Å². The highest BCUT2D eigenvalue weighted by Gasteiger charge is 2.28. The fraction of sp³-hybridized carbons (Fsp3) is 0.294. The second kappa shape index (κ2) is 6.75. The van der Waals surface area contributed by atoms with Crippen molar-refractivity contribution >= 4 is 39.0 Å². The standard InChI is InChI=1S/C17H16BrNO2S/c18-15-7-6-14(22-15)16(20)12-8-10-19(11-9-12)17(21)13-4-2-1-3-5-13/h1-7,12H,8-11H2. The van der Waals surface area contributed by atoms with Gasteiger partial charge in [0.25, 0.3) is 5.91 Å². The molecule has 0 aliphatic carbocycles. The number of rotatable bonds is 3. The van der Waals surface area contributed by atoms with Gasteiger partial charge in [-0.25, -0.2) is 0 Å². The average molecular weight is 378 g/mol. The van der Waals surface area contributed by atoms with Gasteiger partial charge in [-0.05, 0) is 53.0 Å². The molecule has 5 heteroatoms. The molecule has 0 saturated carbocycles. The van der Waals surface area contributed by atoms with Gasteiger partial charge in [-0.3, -0.25) is 9.59 Å². The first-order chi connectivity index (χ1) is 10.6. The van der Waals surface area contributed by atoms with Gasteiger partial charge >= 0.3 is 0 Å². The van der Waals surface area contributed by atoms with E-state index in [-0.39, 0.29) is 17.6 Å². The van der Waals surface area contributed by atoms with Crippen LogP contribution in [0.25, 0.3) is 0 Å². The summed E-state index contributed by atoms with van der Waals surface area (Å²) >= 11 is 4.87. The highest BCUT2D eigenvalue weighted by molar-refractivity contribution is 9.11. The molecule has 114 valence electrons. The number of nitrogens with zero attached hydrogens (tertiary/aromatic N) is 1. The van der Waals surface area contributed by atoms with Crippen molar-refractivity contribution in [3.8, 4) is 0 Å². The predicted octanol–water partition coefficient (Wildman–Crippen LogP) is 4.25. The first-order valence-electron chi connectivity index (χ1n) is 7.29. The maximum Gasteiger partial charge on any atom is 0.253 e. The Kier molecular flexibility index (Phi) is 4.74. The van der Waals surface area contributed by atoms with E-state index >= 15 is 0 Å². The third kappa shape index (κ3) is 3.31. The van der Waals surface area contributed by atoms with Crippen molar-refractivity contribution in [2.75, 3.05) is 13.1 Å². The molecule has 3 nitrogen and oxygen atoms in total. The first kappa shape index (κ1) is 15.4. The number of piperidine rings is 1. The average Bonchev–Trinajstić information content (AvgIpc) is 3.01. The smallest absolute Gasteiger partial charge is 0.253 e. The highest BCUT2D eigenvalue weighted by Crippen LogP contribution is 2.28. The Morgan fingerprint density at radius 1 is 1.05 bits per heavy atom. The molecule has 0 bridgehead atoms. The maximum absolute atomic E-state index is 12.4. The third-order valence-electron chi connectivity index (χ3n) is 3.99. The Bertz CT molecular complexity index is 675. The summed E-state index contributed by atoms with van der Waals surface area (Å²) in [6.07, 6.45) is 1.49. The molecule has 22 heavy (non-hydrogen) atoms. The second-order valence-corrected chi connectivity index (χ2v) is 7.86. The zero-order valence-electron chi connectivity index (χ0n) is 12.0. The molecule has 1 aliphatic rings. The predicted molar refractivity (Wildman–Crippen MR) is 91.4 cm³/mol. The van der Waals surface area contributed by atoms with E-state index in [0.717, 1.165) is 27.1 Å². The summed E-state index contributed by atoms with van der Waals surface area (Å²) in [6, 6.07) is 13.1. The van der Waals surface area contributed by atoms with Crippen LogP contribution in [0.3, 0.4) is 0 Å². The summed E-state index contributed by atoms with van der Waals surface area (Å²) in [5.41, 5.74) is 0.717. The number of benzene rings is 1. The van der Waals surface area contributed by atoms with E-state index in [9.17, 15) is 9.59 Å². The number of carbonyl (C=O) groups is 2. The van der Waals surface area contributed by atoms with Gasteiger partial charge < -0.3 is 4.90 Å². The van der Waals surface area contributed by atoms with Crippen LogP contribution >= 0.6 is 27.3 Å². The normalized spacial score (nSPS) is 15.8. The van der Waals surface area contributed by atoms with Crippen molar-refractivity contribution in [2.24, 2.45) is 5.92 Å². The molecular weight excluding hydrogens is 362 g/mol. The molecule has 2 aromatic rings. The van der Waals surface area contributed by atoms with Crippen LogP contribution in [-0.4, -0.2) is 29.7 Å². The van der Waals surface area contributed by atoms with E-state index in [0.29, 0.717) is 13.1 Å². The van der Waals surface area contributed by atoms with E-state index < -0.39 is 0 Å². The van der Waals surface area contributed by atoms with E-state index in [1.807, 2.05) is 47.4 Å². The van der Waals surface area contributed by atoms with E-state index in [1.54, 1.807) is 0 Å². The number of ketones is 1. The monoisotopic (exact) mass is 377 g/mol. The van der Waals surface area contributed by atoms with Crippen molar-refractivity contribution in [3.63, 3.8) is 0 Å². The lowest BCUT2D eigenvalue weighted by Crippen LogP contribution is -2.40. The zero-order valence-corrected chi connectivity index (χ0v) is 14.4. The van der Waals surface area contributed by atoms with E-state index in [2.05, 4.69) is 15.9 Å². The van der Waals surface area contributed by atoms with Crippen LogP contribution in [0.2, 0.25) is 0 Å². The highest BCUT2D eigenvalue weighted by atomic mass is 79.9. The van der Waals surface area contributed by atoms with Crippen LogP contribution in [0.1, 0.15) is 32.9 Å². The van der Waals surface area contributed by atoms with Gasteiger partial charge in [-0.15, -0.1) is 11.3 Å². The number of hydrogen-bond acceptors (Lipinski definition) is 3. The summed E-state index contributed by atoms with van der Waals surface area (Å²) in [7, 11) is 0. The number of Topliss-reactive ketones (excluding diaryl/α,β-unsaturated/α-hetero) is 1. The molecular formula is C17H16BrNO2S. The molecule has 1 aromatic heterocycles. The molecule has 3 rings (SSSR count). The largest absolute Gasteiger partial charge is 0.339 e. The minimum absolute atomic E-state index is 0.0328. The number of hydrogen-bond donors (Lipinski definition) is 0. The molecule has 1 aromatic carbocycles. The summed E-state index contributed by atoms with van der Waals surface area (Å²) < 4.78 is 0.979. The minimum Gasteiger partial charge on any atom is -0.339 e. The van der Waals surface area contributed by atoms with Crippen LogP contribution in [0, 0.1) is 5.92 Å². The molecule has 0 spiro atoms. The van der Waals surface area contributed by atoms with E-state index in [1.165, 1.54) is 11.3 Å². The number of likely N-dealkylation sites (tertiary alicyclic amines) is 1. The van der Waals surface area contributed by atoms with Crippen molar-refractivity contribution in [3.05, 3.63) is 56.7 Å². The molecule has 1 saturated heterocycles. The van der Waals surface area contributed by atoms with E-state index in [4.69, 9.17) is 0 Å². The maximum atomic E-state index is 12.4. The Labute approximate surface area is 142 Å². The summed E-state index contributed by atoms with van der Waals surface area (Å²) in [5, 5.41) is 0. The summed E-state index contributed by atoms with van der Waals surface area (Å²) in [6.45, 7) is 1.30. The fourth-order valence-corrected chi connectivity index (χ4v) is 4.16. The quantitative estimate of drug-likeness (QED) is 0.749. The third-order valence-corrected chi connectivity index (χ3v) is 5.63. The van der Waals surface area contributed by atoms with Gasteiger partial charge in [-0.2, -0.15) is 0 Å². The Balaban J connectivity index is 1.61.